The standard InChI is InChI=1S/C13H18N2O/c1-2-16-12-5-3-4-11-13(12)14-8-9-15(11)10-6-7-10/h3-5,10,14H,2,6-9H2,1H3. The fourth-order valence-corrected chi connectivity index (χ4v) is 2.40. The highest BCUT2D eigenvalue weighted by molar-refractivity contribution is 5.78. The molecule has 0 saturated heterocycles. The Morgan fingerprint density at radius 3 is 3.06 bits per heavy atom. The first kappa shape index (κ1) is 9.82. The van der Waals surface area contributed by atoms with Crippen molar-refractivity contribution in [3.63, 3.8) is 0 Å². The van der Waals surface area contributed by atoms with Crippen LogP contribution in [0.25, 0.3) is 0 Å². The van der Waals surface area contributed by atoms with Crippen molar-refractivity contribution >= 4 is 11.4 Å². The summed E-state index contributed by atoms with van der Waals surface area (Å²) in [4.78, 5) is 2.52. The first-order valence-electron chi connectivity index (χ1n) is 6.16. The van der Waals surface area contributed by atoms with Gasteiger partial charge in [-0.1, -0.05) is 6.07 Å². The van der Waals surface area contributed by atoms with Crippen molar-refractivity contribution < 1.29 is 4.74 Å². The maximum atomic E-state index is 5.66. The zero-order valence-electron chi connectivity index (χ0n) is 9.70. The van der Waals surface area contributed by atoms with Gasteiger partial charge in [0, 0.05) is 19.1 Å². The summed E-state index contributed by atoms with van der Waals surface area (Å²) >= 11 is 0. The normalized spacial score (nSPS) is 18.9. The molecule has 1 aliphatic heterocycles. The van der Waals surface area contributed by atoms with E-state index in [1.54, 1.807) is 0 Å². The van der Waals surface area contributed by atoms with Crippen molar-refractivity contribution in [3.8, 4) is 5.75 Å². The lowest BCUT2D eigenvalue weighted by Crippen LogP contribution is -2.35. The number of ether oxygens (including phenoxy) is 1. The van der Waals surface area contributed by atoms with Gasteiger partial charge in [-0.05, 0) is 31.9 Å². The number of fused-ring (bicyclic) bond motifs is 1. The Kier molecular flexibility index (Phi) is 2.39. The first-order chi connectivity index (χ1) is 7.90. The third-order valence-electron chi connectivity index (χ3n) is 3.26. The third kappa shape index (κ3) is 1.60. The fraction of sp³-hybridized carbons (Fsp3) is 0.538. The highest BCUT2D eigenvalue weighted by Crippen LogP contribution is 2.42. The van der Waals surface area contributed by atoms with Gasteiger partial charge >= 0.3 is 0 Å². The van der Waals surface area contributed by atoms with Crippen molar-refractivity contribution in [1.82, 2.24) is 0 Å². The zero-order valence-corrected chi connectivity index (χ0v) is 9.70. The summed E-state index contributed by atoms with van der Waals surface area (Å²) < 4.78 is 5.66. The van der Waals surface area contributed by atoms with Gasteiger partial charge in [0.1, 0.15) is 11.4 Å². The highest BCUT2D eigenvalue weighted by atomic mass is 16.5. The Bertz CT molecular complexity index is 388. The second-order valence-corrected chi connectivity index (χ2v) is 4.43. The third-order valence-corrected chi connectivity index (χ3v) is 3.26. The molecule has 3 heteroatoms. The second kappa shape index (κ2) is 3.89. The van der Waals surface area contributed by atoms with Crippen LogP contribution in [-0.2, 0) is 0 Å². The van der Waals surface area contributed by atoms with Crippen molar-refractivity contribution in [2.45, 2.75) is 25.8 Å². The minimum atomic E-state index is 0.724. The molecule has 1 aromatic carbocycles. The van der Waals surface area contributed by atoms with Crippen molar-refractivity contribution in [3.05, 3.63) is 18.2 Å². The van der Waals surface area contributed by atoms with E-state index in [2.05, 4.69) is 22.3 Å². The summed E-state index contributed by atoms with van der Waals surface area (Å²) in [6, 6.07) is 7.11. The molecule has 1 aromatic rings. The van der Waals surface area contributed by atoms with Crippen LogP contribution in [0.4, 0.5) is 11.4 Å². The van der Waals surface area contributed by atoms with Crippen molar-refractivity contribution in [1.29, 1.82) is 0 Å². The number of hydrogen-bond donors (Lipinski definition) is 1. The topological polar surface area (TPSA) is 24.5 Å². The maximum Gasteiger partial charge on any atom is 0.144 e. The smallest absolute Gasteiger partial charge is 0.144 e. The number of nitrogens with one attached hydrogen (secondary N) is 1. The summed E-state index contributed by atoms with van der Waals surface area (Å²) in [6.07, 6.45) is 2.69. The number of rotatable bonds is 3. The Morgan fingerprint density at radius 1 is 1.44 bits per heavy atom. The van der Waals surface area contributed by atoms with E-state index in [9.17, 15) is 0 Å². The minimum absolute atomic E-state index is 0.724. The lowest BCUT2D eigenvalue weighted by atomic mass is 10.1. The van der Waals surface area contributed by atoms with Crippen LogP contribution in [0.3, 0.4) is 0 Å². The Morgan fingerprint density at radius 2 is 2.31 bits per heavy atom. The molecule has 0 radical (unpaired) electrons. The van der Waals surface area contributed by atoms with Crippen LogP contribution in [-0.4, -0.2) is 25.7 Å². The lowest BCUT2D eigenvalue weighted by molar-refractivity contribution is 0.341. The van der Waals surface area contributed by atoms with Crippen LogP contribution in [0, 0.1) is 0 Å². The van der Waals surface area contributed by atoms with Crippen LogP contribution in [0.1, 0.15) is 19.8 Å². The molecular formula is C13H18N2O. The second-order valence-electron chi connectivity index (χ2n) is 4.43. The van der Waals surface area contributed by atoms with E-state index in [-0.39, 0.29) is 0 Å². The number of para-hydroxylation sites is 1. The van der Waals surface area contributed by atoms with Gasteiger partial charge < -0.3 is 15.0 Å². The average molecular weight is 218 g/mol. The summed E-state index contributed by atoms with van der Waals surface area (Å²) in [5, 5.41) is 3.46. The van der Waals surface area contributed by atoms with Gasteiger partial charge in [0.25, 0.3) is 0 Å². The largest absolute Gasteiger partial charge is 0.492 e. The average Bonchev–Trinajstić information content (AvgIpc) is 3.13. The zero-order chi connectivity index (χ0) is 11.0. The molecule has 0 amide bonds. The number of hydrogen-bond acceptors (Lipinski definition) is 3. The molecule has 1 heterocycles. The highest BCUT2D eigenvalue weighted by Gasteiger charge is 2.32. The van der Waals surface area contributed by atoms with E-state index >= 15 is 0 Å². The molecule has 0 spiro atoms. The molecule has 0 bridgehead atoms. The molecule has 1 saturated carbocycles. The Hall–Kier alpha value is -1.38. The predicted octanol–water partition coefficient (Wildman–Crippen LogP) is 2.48. The number of benzene rings is 1. The first-order valence-corrected chi connectivity index (χ1v) is 6.16. The van der Waals surface area contributed by atoms with Gasteiger partial charge in [-0.15, -0.1) is 0 Å². The Labute approximate surface area is 96.4 Å². The number of nitrogens with zero attached hydrogens (tertiary/aromatic N) is 1. The monoisotopic (exact) mass is 218 g/mol. The van der Waals surface area contributed by atoms with E-state index in [0.717, 1.165) is 31.5 Å². The molecule has 2 aliphatic rings. The molecule has 3 rings (SSSR count). The molecule has 1 N–H and O–H groups in total. The van der Waals surface area contributed by atoms with Gasteiger partial charge in [0.2, 0.25) is 0 Å². The molecule has 1 fully saturated rings. The van der Waals surface area contributed by atoms with Crippen LogP contribution in [0.15, 0.2) is 18.2 Å². The SMILES string of the molecule is CCOc1cccc2c1NCCN2C1CC1. The van der Waals surface area contributed by atoms with Crippen LogP contribution < -0.4 is 15.0 Å². The molecule has 0 atom stereocenters. The molecular weight excluding hydrogens is 200 g/mol. The van der Waals surface area contributed by atoms with Crippen LogP contribution in [0.2, 0.25) is 0 Å². The molecule has 1 aliphatic carbocycles. The summed E-state index contributed by atoms with van der Waals surface area (Å²) in [7, 11) is 0. The molecule has 0 aromatic heterocycles. The molecule has 0 unspecified atom stereocenters. The maximum absolute atomic E-state index is 5.66. The number of anilines is 2. The van der Waals surface area contributed by atoms with E-state index in [1.165, 1.54) is 24.2 Å². The van der Waals surface area contributed by atoms with Crippen molar-refractivity contribution in [2.24, 2.45) is 0 Å². The summed E-state index contributed by atoms with van der Waals surface area (Å²) in [5.41, 5.74) is 2.50. The van der Waals surface area contributed by atoms with E-state index in [1.807, 2.05) is 13.0 Å². The predicted molar refractivity (Wildman–Crippen MR) is 66.5 cm³/mol. The van der Waals surface area contributed by atoms with Gasteiger partial charge in [-0.2, -0.15) is 0 Å². The minimum Gasteiger partial charge on any atom is -0.492 e. The van der Waals surface area contributed by atoms with Crippen LogP contribution >= 0.6 is 0 Å². The van der Waals surface area contributed by atoms with E-state index in [4.69, 9.17) is 4.74 Å². The van der Waals surface area contributed by atoms with Crippen LogP contribution in [0.5, 0.6) is 5.75 Å². The molecule has 86 valence electrons. The quantitative estimate of drug-likeness (QED) is 0.843. The lowest BCUT2D eigenvalue weighted by Gasteiger charge is -2.33. The van der Waals surface area contributed by atoms with Crippen molar-refractivity contribution in [2.75, 3.05) is 29.9 Å². The van der Waals surface area contributed by atoms with Gasteiger partial charge in [-0.3, -0.25) is 0 Å². The molecule has 16 heavy (non-hydrogen) atoms. The molecule has 3 nitrogen and oxygen atoms in total. The summed E-state index contributed by atoms with van der Waals surface area (Å²) in [6.45, 7) is 4.89. The fourth-order valence-electron chi connectivity index (χ4n) is 2.40. The van der Waals surface area contributed by atoms with Gasteiger partial charge in [-0.25, -0.2) is 0 Å². The van der Waals surface area contributed by atoms with E-state index < -0.39 is 0 Å². The van der Waals surface area contributed by atoms with Gasteiger partial charge in [0.05, 0.1) is 12.3 Å². The summed E-state index contributed by atoms with van der Waals surface area (Å²) in [5.74, 6) is 0.991. The van der Waals surface area contributed by atoms with E-state index in [0.29, 0.717) is 0 Å². The Balaban J connectivity index is 1.97. The van der Waals surface area contributed by atoms with Gasteiger partial charge in [0.15, 0.2) is 0 Å².